The number of hydrogen-bond donors (Lipinski definition) is 1. The van der Waals surface area contributed by atoms with E-state index in [9.17, 15) is 0 Å². The molecule has 0 radical (unpaired) electrons. The van der Waals surface area contributed by atoms with Gasteiger partial charge in [0, 0.05) is 23.3 Å². The molecule has 2 heterocycles. The predicted octanol–water partition coefficient (Wildman–Crippen LogP) is 5.26. The van der Waals surface area contributed by atoms with E-state index in [0.29, 0.717) is 5.82 Å². The molecule has 0 saturated carbocycles. The van der Waals surface area contributed by atoms with E-state index >= 15 is 0 Å². The minimum absolute atomic E-state index is 0.194. The molecule has 0 aliphatic heterocycles. The number of hydrogen-bond acceptors (Lipinski definition) is 4. The summed E-state index contributed by atoms with van der Waals surface area (Å²) >= 11 is 0. The minimum Gasteiger partial charge on any atom is -0.363 e. The smallest absolute Gasteiger partial charge is 0.162 e. The first kappa shape index (κ1) is 16.2. The predicted molar refractivity (Wildman–Crippen MR) is 106 cm³/mol. The summed E-state index contributed by atoms with van der Waals surface area (Å²) in [5.74, 6) is 1.56. The van der Waals surface area contributed by atoms with Crippen molar-refractivity contribution < 1.29 is 0 Å². The van der Waals surface area contributed by atoms with Crippen molar-refractivity contribution in [1.29, 1.82) is 0 Å². The molecule has 4 nitrogen and oxygen atoms in total. The topological polar surface area (TPSA) is 50.7 Å². The SMILES string of the molecule is CC[C@H](Nc1nc(-c2ccncc2)nc2ccccc12)c1ccccc1. The van der Waals surface area contributed by atoms with Crippen LogP contribution in [-0.4, -0.2) is 15.0 Å². The number of benzene rings is 2. The largest absolute Gasteiger partial charge is 0.363 e. The summed E-state index contributed by atoms with van der Waals surface area (Å²) < 4.78 is 0. The third-order valence-corrected chi connectivity index (χ3v) is 4.46. The maximum absolute atomic E-state index is 4.83. The number of aromatic nitrogens is 3. The molecule has 4 rings (SSSR count). The second-order valence-electron chi connectivity index (χ2n) is 6.16. The maximum Gasteiger partial charge on any atom is 0.162 e. The van der Waals surface area contributed by atoms with Gasteiger partial charge in [-0.25, -0.2) is 9.97 Å². The number of rotatable bonds is 5. The van der Waals surface area contributed by atoms with Crippen LogP contribution in [-0.2, 0) is 0 Å². The van der Waals surface area contributed by atoms with Gasteiger partial charge in [-0.15, -0.1) is 0 Å². The summed E-state index contributed by atoms with van der Waals surface area (Å²) in [4.78, 5) is 13.7. The Hall–Kier alpha value is -3.27. The Morgan fingerprint density at radius 2 is 1.58 bits per heavy atom. The Bertz CT molecular complexity index is 1000. The molecule has 0 amide bonds. The van der Waals surface area contributed by atoms with Crippen LogP contribution in [0.25, 0.3) is 22.3 Å². The molecule has 0 aliphatic carbocycles. The van der Waals surface area contributed by atoms with E-state index in [1.807, 2.05) is 36.4 Å². The van der Waals surface area contributed by atoms with Gasteiger partial charge in [0.05, 0.1) is 11.6 Å². The molecule has 1 N–H and O–H groups in total. The van der Waals surface area contributed by atoms with Gasteiger partial charge in [0.2, 0.25) is 0 Å². The number of nitrogens with one attached hydrogen (secondary N) is 1. The molecule has 0 fully saturated rings. The zero-order chi connectivity index (χ0) is 17.8. The lowest BCUT2D eigenvalue weighted by Gasteiger charge is -2.19. The van der Waals surface area contributed by atoms with Gasteiger partial charge < -0.3 is 5.32 Å². The number of anilines is 1. The maximum atomic E-state index is 4.83. The van der Waals surface area contributed by atoms with E-state index < -0.39 is 0 Å². The molecule has 0 bridgehead atoms. The van der Waals surface area contributed by atoms with E-state index in [0.717, 1.165) is 28.7 Å². The van der Waals surface area contributed by atoms with Crippen molar-refractivity contribution >= 4 is 16.7 Å². The van der Waals surface area contributed by atoms with Crippen molar-refractivity contribution in [3.63, 3.8) is 0 Å². The van der Waals surface area contributed by atoms with Crippen LogP contribution >= 0.6 is 0 Å². The lowest BCUT2D eigenvalue weighted by atomic mass is 10.0. The summed E-state index contributed by atoms with van der Waals surface area (Å²) in [6, 6.07) is 22.6. The molecule has 2 aromatic carbocycles. The van der Waals surface area contributed by atoms with Gasteiger partial charge >= 0.3 is 0 Å². The number of fused-ring (bicyclic) bond motifs is 1. The van der Waals surface area contributed by atoms with Crippen LogP contribution in [0.5, 0.6) is 0 Å². The Balaban J connectivity index is 1.80. The van der Waals surface area contributed by atoms with Gasteiger partial charge in [-0.3, -0.25) is 4.98 Å². The summed E-state index contributed by atoms with van der Waals surface area (Å²) in [6.45, 7) is 2.18. The van der Waals surface area contributed by atoms with E-state index in [2.05, 4.69) is 47.6 Å². The highest BCUT2D eigenvalue weighted by atomic mass is 15.1. The molecular formula is C22H20N4. The number of pyridine rings is 1. The van der Waals surface area contributed by atoms with Crippen LogP contribution in [0.1, 0.15) is 24.9 Å². The highest BCUT2D eigenvalue weighted by Gasteiger charge is 2.14. The normalized spacial score (nSPS) is 12.0. The van der Waals surface area contributed by atoms with Gasteiger partial charge in [-0.1, -0.05) is 49.4 Å². The van der Waals surface area contributed by atoms with Crippen LogP contribution in [0.15, 0.2) is 79.1 Å². The molecule has 128 valence electrons. The van der Waals surface area contributed by atoms with Crippen molar-refractivity contribution in [2.45, 2.75) is 19.4 Å². The minimum atomic E-state index is 0.194. The first-order valence-electron chi connectivity index (χ1n) is 8.84. The van der Waals surface area contributed by atoms with Crippen molar-refractivity contribution in [3.8, 4) is 11.4 Å². The lowest BCUT2D eigenvalue weighted by Crippen LogP contribution is -2.12. The monoisotopic (exact) mass is 340 g/mol. The van der Waals surface area contributed by atoms with Crippen molar-refractivity contribution in [3.05, 3.63) is 84.7 Å². The van der Waals surface area contributed by atoms with Crippen LogP contribution in [0, 0.1) is 0 Å². The average molecular weight is 340 g/mol. The van der Waals surface area contributed by atoms with E-state index in [1.54, 1.807) is 12.4 Å². The lowest BCUT2D eigenvalue weighted by molar-refractivity contribution is 0.746. The average Bonchev–Trinajstić information content (AvgIpc) is 2.73. The van der Waals surface area contributed by atoms with E-state index in [-0.39, 0.29) is 6.04 Å². The molecule has 0 saturated heterocycles. The Labute approximate surface area is 153 Å². The van der Waals surface area contributed by atoms with Crippen LogP contribution in [0.4, 0.5) is 5.82 Å². The van der Waals surface area contributed by atoms with E-state index in [4.69, 9.17) is 9.97 Å². The van der Waals surface area contributed by atoms with Gasteiger partial charge in [0.15, 0.2) is 5.82 Å². The molecule has 0 spiro atoms. The first-order chi connectivity index (χ1) is 12.8. The second-order valence-corrected chi connectivity index (χ2v) is 6.16. The van der Waals surface area contributed by atoms with E-state index in [1.165, 1.54) is 5.56 Å². The summed E-state index contributed by atoms with van der Waals surface area (Å²) in [5, 5.41) is 4.66. The summed E-state index contributed by atoms with van der Waals surface area (Å²) in [5.41, 5.74) is 3.14. The second kappa shape index (κ2) is 7.31. The third-order valence-electron chi connectivity index (χ3n) is 4.46. The fourth-order valence-electron chi connectivity index (χ4n) is 3.09. The Kier molecular flexibility index (Phi) is 4.56. The molecule has 4 aromatic rings. The molecular weight excluding hydrogens is 320 g/mol. The molecule has 4 heteroatoms. The fourth-order valence-corrected chi connectivity index (χ4v) is 3.09. The molecule has 1 atom stereocenters. The molecule has 0 aliphatic rings. The third kappa shape index (κ3) is 3.26. The van der Waals surface area contributed by atoms with Crippen LogP contribution in [0.2, 0.25) is 0 Å². The highest BCUT2D eigenvalue weighted by Crippen LogP contribution is 2.28. The fraction of sp³-hybridized carbons (Fsp3) is 0.136. The Morgan fingerprint density at radius 1 is 0.846 bits per heavy atom. The standard InChI is InChI=1S/C22H20N4/c1-2-19(16-8-4-3-5-9-16)24-22-18-10-6-7-11-20(18)25-21(26-22)17-12-14-23-15-13-17/h3-15,19H,2H2,1H3,(H,24,25,26)/t19-/m0/s1. The first-order valence-corrected chi connectivity index (χ1v) is 8.84. The van der Waals surface area contributed by atoms with Gasteiger partial charge in [-0.2, -0.15) is 0 Å². The van der Waals surface area contributed by atoms with Gasteiger partial charge in [0.1, 0.15) is 5.82 Å². The van der Waals surface area contributed by atoms with Gasteiger partial charge in [0.25, 0.3) is 0 Å². The summed E-state index contributed by atoms with van der Waals surface area (Å²) in [6.07, 6.45) is 4.49. The van der Waals surface area contributed by atoms with Crippen molar-refractivity contribution in [1.82, 2.24) is 15.0 Å². The van der Waals surface area contributed by atoms with Crippen LogP contribution in [0.3, 0.4) is 0 Å². The zero-order valence-corrected chi connectivity index (χ0v) is 14.6. The summed E-state index contributed by atoms with van der Waals surface area (Å²) in [7, 11) is 0. The number of nitrogens with zero attached hydrogens (tertiary/aromatic N) is 3. The molecule has 2 aromatic heterocycles. The van der Waals surface area contributed by atoms with Crippen molar-refractivity contribution in [2.24, 2.45) is 0 Å². The molecule has 0 unspecified atom stereocenters. The highest BCUT2D eigenvalue weighted by molar-refractivity contribution is 5.90. The Morgan fingerprint density at radius 3 is 2.35 bits per heavy atom. The zero-order valence-electron chi connectivity index (χ0n) is 14.6. The van der Waals surface area contributed by atoms with Gasteiger partial charge in [-0.05, 0) is 36.2 Å². The van der Waals surface area contributed by atoms with Crippen LogP contribution < -0.4 is 5.32 Å². The number of para-hydroxylation sites is 1. The van der Waals surface area contributed by atoms with Crippen molar-refractivity contribution in [2.75, 3.05) is 5.32 Å². The quantitative estimate of drug-likeness (QED) is 0.539. The molecule has 26 heavy (non-hydrogen) atoms.